The standard InChI is InChI=1S/C22H21F3N2O/c23-22(24,25)18-9-5-11-20(15-18)27-21(28)26-19-10-4-8-17(14-19)13-12-16-6-2-1-3-7-16/h1-4,6-8,10,14,18,20H,5,9,11,15H2,(H2,26,27,28). The molecule has 1 aliphatic rings. The van der Waals surface area contributed by atoms with Crippen LogP contribution in [0.2, 0.25) is 0 Å². The predicted octanol–water partition coefficient (Wildman–Crippen LogP) is 5.33. The Morgan fingerprint density at radius 2 is 1.68 bits per heavy atom. The molecule has 2 atom stereocenters. The van der Waals surface area contributed by atoms with Gasteiger partial charge >= 0.3 is 12.2 Å². The van der Waals surface area contributed by atoms with E-state index in [-0.39, 0.29) is 12.8 Å². The Hall–Kier alpha value is -2.94. The second-order valence-electron chi connectivity index (χ2n) is 6.90. The summed E-state index contributed by atoms with van der Waals surface area (Å²) in [5.74, 6) is 4.73. The molecule has 3 nitrogen and oxygen atoms in total. The molecular weight excluding hydrogens is 365 g/mol. The third kappa shape index (κ3) is 5.78. The van der Waals surface area contributed by atoms with E-state index in [2.05, 4.69) is 22.5 Å². The molecule has 28 heavy (non-hydrogen) atoms. The van der Waals surface area contributed by atoms with E-state index < -0.39 is 24.2 Å². The topological polar surface area (TPSA) is 41.1 Å². The minimum absolute atomic E-state index is 0.0699. The maximum atomic E-state index is 12.9. The zero-order valence-corrected chi connectivity index (χ0v) is 15.2. The third-order valence-corrected chi connectivity index (χ3v) is 4.72. The van der Waals surface area contributed by atoms with Crippen LogP contribution >= 0.6 is 0 Å². The van der Waals surface area contributed by atoms with Crippen LogP contribution in [0.15, 0.2) is 54.6 Å². The van der Waals surface area contributed by atoms with Gasteiger partial charge in [-0.25, -0.2) is 4.79 Å². The molecule has 2 N–H and O–H groups in total. The first-order valence-corrected chi connectivity index (χ1v) is 9.21. The van der Waals surface area contributed by atoms with Gasteiger partial charge in [0.15, 0.2) is 0 Å². The molecule has 1 fully saturated rings. The number of anilines is 1. The summed E-state index contributed by atoms with van der Waals surface area (Å²) in [4.78, 5) is 12.2. The predicted molar refractivity (Wildman–Crippen MR) is 103 cm³/mol. The summed E-state index contributed by atoms with van der Waals surface area (Å²) < 4.78 is 38.7. The highest BCUT2D eigenvalue weighted by molar-refractivity contribution is 5.89. The molecule has 0 bridgehead atoms. The van der Waals surface area contributed by atoms with Crippen molar-refractivity contribution in [1.82, 2.24) is 5.32 Å². The van der Waals surface area contributed by atoms with Gasteiger partial charge in [-0.3, -0.25) is 0 Å². The average molecular weight is 386 g/mol. The molecule has 0 heterocycles. The highest BCUT2D eigenvalue weighted by Crippen LogP contribution is 2.37. The number of amides is 2. The van der Waals surface area contributed by atoms with Gasteiger partial charge in [0.1, 0.15) is 0 Å². The average Bonchev–Trinajstić information content (AvgIpc) is 2.67. The Kier molecular flexibility index (Phi) is 6.25. The van der Waals surface area contributed by atoms with Crippen LogP contribution in [0.1, 0.15) is 36.8 Å². The fourth-order valence-corrected chi connectivity index (χ4v) is 3.31. The summed E-state index contributed by atoms with van der Waals surface area (Å²) in [6, 6.07) is 15.6. The van der Waals surface area contributed by atoms with Crippen molar-refractivity contribution in [2.24, 2.45) is 5.92 Å². The van der Waals surface area contributed by atoms with Crippen molar-refractivity contribution in [2.75, 3.05) is 5.32 Å². The second-order valence-corrected chi connectivity index (χ2v) is 6.90. The zero-order chi connectivity index (χ0) is 20.0. The highest BCUT2D eigenvalue weighted by Gasteiger charge is 2.42. The molecule has 2 aromatic carbocycles. The summed E-state index contributed by atoms with van der Waals surface area (Å²) in [6.45, 7) is 0. The van der Waals surface area contributed by atoms with Crippen molar-refractivity contribution in [3.05, 3.63) is 65.7 Å². The number of carbonyl (C=O) groups excluding carboxylic acids is 1. The molecule has 2 aromatic rings. The Morgan fingerprint density at radius 1 is 0.964 bits per heavy atom. The highest BCUT2D eigenvalue weighted by atomic mass is 19.4. The minimum atomic E-state index is -4.21. The Balaban J connectivity index is 1.58. The van der Waals surface area contributed by atoms with Gasteiger partial charge in [0.25, 0.3) is 0 Å². The van der Waals surface area contributed by atoms with E-state index in [9.17, 15) is 18.0 Å². The van der Waals surface area contributed by atoms with Gasteiger partial charge in [-0.1, -0.05) is 42.5 Å². The van der Waals surface area contributed by atoms with Crippen LogP contribution < -0.4 is 10.6 Å². The van der Waals surface area contributed by atoms with Crippen LogP contribution in [-0.2, 0) is 0 Å². The summed E-state index contributed by atoms with van der Waals surface area (Å²) in [7, 11) is 0. The number of benzene rings is 2. The van der Waals surface area contributed by atoms with Gasteiger partial charge in [0, 0.05) is 22.9 Å². The van der Waals surface area contributed by atoms with Crippen LogP contribution in [0.3, 0.4) is 0 Å². The summed E-state index contributed by atoms with van der Waals surface area (Å²) in [5.41, 5.74) is 2.16. The molecule has 1 saturated carbocycles. The largest absolute Gasteiger partial charge is 0.391 e. The number of urea groups is 1. The summed E-state index contributed by atoms with van der Waals surface area (Å²) in [5, 5.41) is 5.34. The molecule has 2 amide bonds. The number of alkyl halides is 3. The molecule has 0 aliphatic heterocycles. The first-order chi connectivity index (χ1) is 13.4. The van der Waals surface area contributed by atoms with Gasteiger partial charge in [-0.05, 0) is 49.6 Å². The van der Waals surface area contributed by atoms with Crippen LogP contribution in [0.5, 0.6) is 0 Å². The van der Waals surface area contributed by atoms with Gasteiger partial charge in [0.2, 0.25) is 0 Å². The van der Waals surface area contributed by atoms with Crippen LogP contribution in [0, 0.1) is 17.8 Å². The van der Waals surface area contributed by atoms with Crippen molar-refractivity contribution in [2.45, 2.75) is 37.9 Å². The first-order valence-electron chi connectivity index (χ1n) is 9.21. The number of halogens is 3. The number of nitrogens with one attached hydrogen (secondary N) is 2. The smallest absolute Gasteiger partial charge is 0.335 e. The minimum Gasteiger partial charge on any atom is -0.335 e. The molecule has 3 rings (SSSR count). The second kappa shape index (κ2) is 8.83. The lowest BCUT2D eigenvalue weighted by molar-refractivity contribution is -0.183. The zero-order valence-electron chi connectivity index (χ0n) is 15.2. The van der Waals surface area contributed by atoms with E-state index in [0.717, 1.165) is 11.1 Å². The van der Waals surface area contributed by atoms with Crippen LogP contribution in [-0.4, -0.2) is 18.2 Å². The van der Waals surface area contributed by atoms with E-state index in [4.69, 9.17) is 0 Å². The lowest BCUT2D eigenvalue weighted by atomic mass is 9.85. The molecule has 0 aromatic heterocycles. The van der Waals surface area contributed by atoms with Crippen molar-refractivity contribution >= 4 is 11.7 Å². The van der Waals surface area contributed by atoms with E-state index in [1.165, 1.54) is 0 Å². The third-order valence-electron chi connectivity index (χ3n) is 4.72. The Morgan fingerprint density at radius 3 is 2.43 bits per heavy atom. The molecule has 2 unspecified atom stereocenters. The van der Waals surface area contributed by atoms with E-state index in [1.807, 2.05) is 36.4 Å². The molecule has 1 aliphatic carbocycles. The van der Waals surface area contributed by atoms with Crippen molar-refractivity contribution < 1.29 is 18.0 Å². The molecule has 0 saturated heterocycles. The normalized spacial score (nSPS) is 19.2. The molecule has 146 valence electrons. The first kappa shape index (κ1) is 19.8. The maximum absolute atomic E-state index is 12.9. The van der Waals surface area contributed by atoms with Gasteiger partial charge in [-0.2, -0.15) is 13.2 Å². The van der Waals surface area contributed by atoms with Gasteiger partial charge < -0.3 is 10.6 Å². The quantitative estimate of drug-likeness (QED) is 0.673. The monoisotopic (exact) mass is 386 g/mol. The molecular formula is C22H21F3N2O. The van der Waals surface area contributed by atoms with Gasteiger partial charge in [-0.15, -0.1) is 0 Å². The number of rotatable bonds is 2. The Bertz CT molecular complexity index is 869. The number of hydrogen-bond donors (Lipinski definition) is 2. The number of carbonyl (C=O) groups is 1. The van der Waals surface area contributed by atoms with E-state index in [1.54, 1.807) is 18.2 Å². The van der Waals surface area contributed by atoms with Crippen LogP contribution in [0.25, 0.3) is 0 Å². The van der Waals surface area contributed by atoms with Gasteiger partial charge in [0.05, 0.1) is 5.92 Å². The SMILES string of the molecule is O=C(Nc1cccc(C#Cc2ccccc2)c1)NC1CCCC(C(F)(F)F)C1. The fourth-order valence-electron chi connectivity index (χ4n) is 3.31. The fraction of sp³-hybridized carbons (Fsp3) is 0.318. The lowest BCUT2D eigenvalue weighted by Gasteiger charge is -2.31. The van der Waals surface area contributed by atoms with Crippen molar-refractivity contribution in [1.29, 1.82) is 0 Å². The maximum Gasteiger partial charge on any atom is 0.391 e. The van der Waals surface area contributed by atoms with Crippen molar-refractivity contribution in [3.8, 4) is 11.8 Å². The summed E-state index contributed by atoms with van der Waals surface area (Å²) >= 11 is 0. The van der Waals surface area contributed by atoms with Crippen molar-refractivity contribution in [3.63, 3.8) is 0 Å². The summed E-state index contributed by atoms with van der Waals surface area (Å²) in [6.07, 6.45) is -3.13. The Labute approximate surface area is 162 Å². The van der Waals surface area contributed by atoms with E-state index in [0.29, 0.717) is 18.5 Å². The van der Waals surface area contributed by atoms with Crippen LogP contribution in [0.4, 0.5) is 23.7 Å². The lowest BCUT2D eigenvalue weighted by Crippen LogP contribution is -2.43. The molecule has 0 radical (unpaired) electrons. The number of hydrogen-bond acceptors (Lipinski definition) is 1. The molecule has 6 heteroatoms. The van der Waals surface area contributed by atoms with E-state index >= 15 is 0 Å². The molecule has 0 spiro atoms.